The SMILES string of the molecule is CC(CCCCCCCC(=O)OC1C(C)(C)CNCC1(C)C)C(=O)OC1CC(C)(C)NC(C)(C)C1.CCC(CCCCCCCC(=O)OC1C(C)(C)CNCC1(C)C)C(=O)OC1CC(C)(C)NC(C)(C)C1. The molecule has 12 heteroatoms. The molecule has 0 saturated carbocycles. The summed E-state index contributed by atoms with van der Waals surface area (Å²) in [5.41, 5.74) is -0.346. The van der Waals surface area contributed by atoms with Crippen molar-refractivity contribution in [2.75, 3.05) is 26.2 Å². The number of hydrogen-bond acceptors (Lipinski definition) is 12. The van der Waals surface area contributed by atoms with Crippen LogP contribution in [0.3, 0.4) is 0 Å². The molecule has 4 aliphatic heterocycles. The predicted octanol–water partition coefficient (Wildman–Crippen LogP) is 11.9. The van der Waals surface area contributed by atoms with Crippen LogP contribution < -0.4 is 21.3 Å². The van der Waals surface area contributed by atoms with E-state index >= 15 is 0 Å². The van der Waals surface area contributed by atoms with Gasteiger partial charge in [-0.1, -0.05) is 121 Å². The number of nitrogens with one attached hydrogen (secondary N) is 4. The van der Waals surface area contributed by atoms with Crippen molar-refractivity contribution in [1.82, 2.24) is 21.3 Å². The highest BCUT2D eigenvalue weighted by Crippen LogP contribution is 2.41. The van der Waals surface area contributed by atoms with Gasteiger partial charge in [-0.15, -0.1) is 0 Å². The van der Waals surface area contributed by atoms with Crippen molar-refractivity contribution >= 4 is 23.9 Å². The minimum absolute atomic E-state index is 0.0152. The fourth-order valence-electron chi connectivity index (χ4n) is 13.1. The summed E-state index contributed by atoms with van der Waals surface area (Å²) in [7, 11) is 0. The first-order chi connectivity index (χ1) is 32.6. The molecule has 0 aromatic carbocycles. The summed E-state index contributed by atoms with van der Waals surface area (Å²) in [6.07, 6.45) is 16.9. The van der Waals surface area contributed by atoms with Gasteiger partial charge in [0.25, 0.3) is 0 Å². The van der Waals surface area contributed by atoms with E-state index in [0.717, 1.165) is 135 Å². The lowest BCUT2D eigenvalue weighted by atomic mass is 9.69. The minimum atomic E-state index is -0.0707. The number of esters is 4. The third kappa shape index (κ3) is 21.8. The summed E-state index contributed by atoms with van der Waals surface area (Å²) in [4.78, 5) is 50.5. The highest BCUT2D eigenvalue weighted by Gasteiger charge is 2.48. The number of piperidine rings is 4. The van der Waals surface area contributed by atoms with Gasteiger partial charge in [-0.2, -0.15) is 0 Å². The molecule has 2 atom stereocenters. The average molecular weight is 1000 g/mol. The Morgan fingerprint density at radius 3 is 1.10 bits per heavy atom. The van der Waals surface area contributed by atoms with E-state index in [0.29, 0.717) is 12.8 Å². The number of carbonyl (C=O) groups excluding carboxylic acids is 4. The molecule has 4 heterocycles. The van der Waals surface area contributed by atoms with E-state index in [4.69, 9.17) is 18.9 Å². The van der Waals surface area contributed by atoms with Crippen LogP contribution in [0.4, 0.5) is 0 Å². The molecule has 4 N–H and O–H groups in total. The summed E-state index contributed by atoms with van der Waals surface area (Å²) in [5.74, 6) is -0.308. The first-order valence-electron chi connectivity index (χ1n) is 28.4. The second-order valence-corrected chi connectivity index (χ2v) is 28.2. The zero-order valence-corrected chi connectivity index (χ0v) is 49.0. The normalized spacial score (nSPS) is 24.3. The average Bonchev–Trinajstić information content (AvgIpc) is 3.18. The molecule has 2 unspecified atom stereocenters. The number of unbranched alkanes of at least 4 members (excludes halogenated alkanes) is 8. The quantitative estimate of drug-likeness (QED) is 0.0438. The van der Waals surface area contributed by atoms with Crippen molar-refractivity contribution in [3.05, 3.63) is 0 Å². The maximum absolute atomic E-state index is 12.9. The zero-order chi connectivity index (χ0) is 53.7. The molecule has 0 amide bonds. The van der Waals surface area contributed by atoms with Crippen LogP contribution in [0.1, 0.15) is 247 Å². The first-order valence-corrected chi connectivity index (χ1v) is 28.4. The monoisotopic (exact) mass is 1000 g/mol. The van der Waals surface area contributed by atoms with Gasteiger partial charge in [0.2, 0.25) is 0 Å². The van der Waals surface area contributed by atoms with Crippen molar-refractivity contribution in [2.24, 2.45) is 33.5 Å². The highest BCUT2D eigenvalue weighted by molar-refractivity contribution is 5.73. The molecular formula is C59H110N4O8. The Bertz CT molecular complexity index is 1620. The van der Waals surface area contributed by atoms with Crippen molar-refractivity contribution in [3.8, 4) is 0 Å². The third-order valence-electron chi connectivity index (χ3n) is 15.7. The van der Waals surface area contributed by atoms with E-state index in [9.17, 15) is 19.2 Å². The Morgan fingerprint density at radius 1 is 0.437 bits per heavy atom. The van der Waals surface area contributed by atoms with Crippen LogP contribution in [0.5, 0.6) is 0 Å². The Hall–Kier alpha value is -2.28. The fraction of sp³-hybridized carbons (Fsp3) is 0.932. The fourth-order valence-corrected chi connectivity index (χ4v) is 13.1. The van der Waals surface area contributed by atoms with Crippen LogP contribution in [0.15, 0.2) is 0 Å². The van der Waals surface area contributed by atoms with E-state index in [1.165, 1.54) is 0 Å². The molecule has 12 nitrogen and oxygen atoms in total. The van der Waals surface area contributed by atoms with E-state index in [1.54, 1.807) is 0 Å². The largest absolute Gasteiger partial charge is 0.462 e. The molecule has 4 fully saturated rings. The van der Waals surface area contributed by atoms with Crippen molar-refractivity contribution in [2.45, 2.75) is 293 Å². The van der Waals surface area contributed by atoms with Crippen LogP contribution >= 0.6 is 0 Å². The first kappa shape index (κ1) is 63.0. The molecule has 0 bridgehead atoms. The lowest BCUT2D eigenvalue weighted by molar-refractivity contribution is -0.170. The minimum Gasteiger partial charge on any atom is -0.462 e. The molecule has 4 saturated heterocycles. The molecule has 4 rings (SSSR count). The van der Waals surface area contributed by atoms with Gasteiger partial charge < -0.3 is 40.2 Å². The van der Waals surface area contributed by atoms with Gasteiger partial charge in [-0.25, -0.2) is 0 Å². The molecule has 71 heavy (non-hydrogen) atoms. The van der Waals surface area contributed by atoms with E-state index < -0.39 is 0 Å². The second-order valence-electron chi connectivity index (χ2n) is 28.2. The number of hydrogen-bond donors (Lipinski definition) is 4. The van der Waals surface area contributed by atoms with Crippen LogP contribution in [0, 0.1) is 33.5 Å². The Balaban J connectivity index is 0.000000375. The summed E-state index contributed by atoms with van der Waals surface area (Å²) in [6, 6.07) is 0. The highest BCUT2D eigenvalue weighted by atomic mass is 16.6. The van der Waals surface area contributed by atoms with E-state index in [2.05, 4.69) is 139 Å². The van der Waals surface area contributed by atoms with Gasteiger partial charge in [0, 0.05) is 109 Å². The van der Waals surface area contributed by atoms with Crippen LogP contribution in [0.25, 0.3) is 0 Å². The summed E-state index contributed by atoms with van der Waals surface area (Å²) >= 11 is 0. The van der Waals surface area contributed by atoms with Gasteiger partial charge in [-0.05, 0) is 87.5 Å². The zero-order valence-electron chi connectivity index (χ0n) is 49.0. The molecular weight excluding hydrogens is 893 g/mol. The van der Waals surface area contributed by atoms with Crippen molar-refractivity contribution in [1.29, 1.82) is 0 Å². The molecule has 414 valence electrons. The molecule has 4 aliphatic rings. The topological polar surface area (TPSA) is 153 Å². The smallest absolute Gasteiger partial charge is 0.309 e. The second kappa shape index (κ2) is 26.5. The van der Waals surface area contributed by atoms with Crippen LogP contribution in [-0.2, 0) is 38.1 Å². The Morgan fingerprint density at radius 2 is 0.746 bits per heavy atom. The number of rotatable bonds is 23. The molecule has 0 radical (unpaired) electrons. The summed E-state index contributed by atoms with van der Waals surface area (Å²) < 4.78 is 23.8. The standard InChI is InChI=1S/C30H56N2O4.C29H54N2O4/c1-10-22(25(34)35-23-18-29(6,7)32-30(8,9)19-23)16-14-12-11-13-15-17-24(33)36-26-27(2,3)20-31-21-28(26,4)5;1-21(24(33)34-22-17-28(6,7)31-29(8,9)18-22)15-13-11-10-12-14-16-23(32)35-25-26(2,3)19-30-20-27(25,4)5/h22-23,26,31-32H,10-21H2,1-9H3;21-22,25,30-31H,10-20H2,1-9H3. The Kier molecular flexibility index (Phi) is 23.5. The van der Waals surface area contributed by atoms with Crippen molar-refractivity contribution in [3.63, 3.8) is 0 Å². The van der Waals surface area contributed by atoms with Gasteiger partial charge in [0.15, 0.2) is 0 Å². The predicted molar refractivity (Wildman–Crippen MR) is 289 cm³/mol. The van der Waals surface area contributed by atoms with Gasteiger partial charge in [0.1, 0.15) is 24.4 Å². The van der Waals surface area contributed by atoms with Gasteiger partial charge >= 0.3 is 23.9 Å². The summed E-state index contributed by atoms with van der Waals surface area (Å²) in [5, 5.41) is 14.2. The molecule has 0 aromatic heterocycles. The number of carbonyl (C=O) groups is 4. The van der Waals surface area contributed by atoms with Gasteiger partial charge in [-0.3, -0.25) is 19.2 Å². The summed E-state index contributed by atoms with van der Waals surface area (Å²) in [6.45, 7) is 42.3. The van der Waals surface area contributed by atoms with Gasteiger partial charge in [0.05, 0.1) is 11.8 Å². The van der Waals surface area contributed by atoms with E-state index in [1.807, 2.05) is 6.92 Å². The maximum atomic E-state index is 12.9. The maximum Gasteiger partial charge on any atom is 0.309 e. The lowest BCUT2D eigenvalue weighted by Crippen LogP contribution is -2.59. The van der Waals surface area contributed by atoms with E-state index in [-0.39, 0.29) is 104 Å². The van der Waals surface area contributed by atoms with Crippen molar-refractivity contribution < 1.29 is 38.1 Å². The molecule has 0 aromatic rings. The molecule has 0 aliphatic carbocycles. The van der Waals surface area contributed by atoms with Crippen LogP contribution in [0.2, 0.25) is 0 Å². The lowest BCUT2D eigenvalue weighted by Gasteiger charge is -2.48. The van der Waals surface area contributed by atoms with Crippen LogP contribution in [-0.4, -0.2) is 96.6 Å². The molecule has 0 spiro atoms. The number of ether oxygens (including phenoxy) is 4. The third-order valence-corrected chi connectivity index (χ3v) is 15.7. The Labute approximate surface area is 434 Å².